The molecule has 0 aromatic carbocycles. The van der Waals surface area contributed by atoms with E-state index in [4.69, 9.17) is 5.73 Å². The highest BCUT2D eigenvalue weighted by Gasteiger charge is 2.40. The molecule has 2 N–H and O–H groups in total. The van der Waals surface area contributed by atoms with E-state index in [0.717, 1.165) is 18.3 Å². The maximum absolute atomic E-state index is 6.66. The summed E-state index contributed by atoms with van der Waals surface area (Å²) in [6.07, 6.45) is 9.21. The van der Waals surface area contributed by atoms with Crippen molar-refractivity contribution >= 4 is 27.3 Å². The summed E-state index contributed by atoms with van der Waals surface area (Å²) in [6, 6.07) is 2.14. The van der Waals surface area contributed by atoms with Crippen molar-refractivity contribution < 1.29 is 0 Å². The highest BCUT2D eigenvalue weighted by molar-refractivity contribution is 9.10. The second-order valence-corrected chi connectivity index (χ2v) is 7.78. The third-order valence-electron chi connectivity index (χ3n) is 4.41. The first-order valence-corrected chi connectivity index (χ1v) is 8.34. The molecular weight excluding hydrogens is 294 g/mol. The fourth-order valence-corrected chi connectivity index (χ4v) is 4.99. The summed E-state index contributed by atoms with van der Waals surface area (Å²) in [4.78, 5) is 1.43. The second kappa shape index (κ2) is 4.67. The lowest BCUT2D eigenvalue weighted by molar-refractivity contribution is 0.205. The van der Waals surface area contributed by atoms with Gasteiger partial charge in [0.25, 0.3) is 0 Å². The summed E-state index contributed by atoms with van der Waals surface area (Å²) in [7, 11) is 0. The van der Waals surface area contributed by atoms with E-state index in [-0.39, 0.29) is 5.54 Å². The Kier molecular flexibility index (Phi) is 3.35. The maximum Gasteiger partial charge on any atom is 0.0315 e. The Balaban J connectivity index is 1.69. The molecule has 17 heavy (non-hydrogen) atoms. The third kappa shape index (κ3) is 2.77. The van der Waals surface area contributed by atoms with Crippen molar-refractivity contribution in [2.24, 2.45) is 17.6 Å². The minimum Gasteiger partial charge on any atom is -0.325 e. The maximum atomic E-state index is 6.66. The molecule has 3 rings (SSSR count). The predicted molar refractivity (Wildman–Crippen MR) is 77.3 cm³/mol. The first-order valence-electron chi connectivity index (χ1n) is 6.67. The van der Waals surface area contributed by atoms with Crippen molar-refractivity contribution in [3.8, 4) is 0 Å². The van der Waals surface area contributed by atoms with Gasteiger partial charge in [0, 0.05) is 21.3 Å². The molecule has 0 radical (unpaired) electrons. The van der Waals surface area contributed by atoms with Crippen LogP contribution in [-0.2, 0) is 6.42 Å². The Labute approximate surface area is 116 Å². The van der Waals surface area contributed by atoms with Crippen LogP contribution in [0, 0.1) is 11.8 Å². The van der Waals surface area contributed by atoms with E-state index in [1.807, 2.05) is 11.3 Å². The molecule has 2 fully saturated rings. The molecule has 1 heterocycles. The van der Waals surface area contributed by atoms with Crippen LogP contribution in [0.4, 0.5) is 0 Å². The van der Waals surface area contributed by atoms with Gasteiger partial charge >= 0.3 is 0 Å². The number of hydrogen-bond donors (Lipinski definition) is 1. The standard InChI is InChI=1S/C14H20BrNS/c15-12-5-7-17-13(12)9-14(16)6-1-2-11(8-14)10-3-4-10/h5,7,10-11H,1-4,6,8-9,16H2. The van der Waals surface area contributed by atoms with Crippen molar-refractivity contribution in [2.45, 2.75) is 50.5 Å². The minimum absolute atomic E-state index is 0.0683. The zero-order chi connectivity index (χ0) is 11.9. The van der Waals surface area contributed by atoms with E-state index < -0.39 is 0 Å². The van der Waals surface area contributed by atoms with Gasteiger partial charge in [-0.15, -0.1) is 11.3 Å². The second-order valence-electron chi connectivity index (χ2n) is 5.92. The zero-order valence-electron chi connectivity index (χ0n) is 10.1. The van der Waals surface area contributed by atoms with Crippen molar-refractivity contribution in [1.29, 1.82) is 0 Å². The predicted octanol–water partition coefficient (Wildman–Crippen LogP) is 4.35. The molecule has 1 nitrogen and oxygen atoms in total. The van der Waals surface area contributed by atoms with Gasteiger partial charge in [0.2, 0.25) is 0 Å². The fraction of sp³-hybridized carbons (Fsp3) is 0.714. The van der Waals surface area contributed by atoms with Crippen LogP contribution in [0.3, 0.4) is 0 Å². The number of thiophene rings is 1. The first kappa shape index (κ1) is 12.2. The molecule has 3 heteroatoms. The summed E-state index contributed by atoms with van der Waals surface area (Å²) < 4.78 is 1.25. The first-order chi connectivity index (χ1) is 8.16. The molecule has 94 valence electrons. The van der Waals surface area contributed by atoms with Crippen LogP contribution in [0.25, 0.3) is 0 Å². The van der Waals surface area contributed by atoms with Crippen molar-refractivity contribution in [3.05, 3.63) is 20.8 Å². The summed E-state index contributed by atoms with van der Waals surface area (Å²) in [5.41, 5.74) is 6.73. The van der Waals surface area contributed by atoms with Crippen LogP contribution in [0.2, 0.25) is 0 Å². The summed E-state index contributed by atoms with van der Waals surface area (Å²) in [5, 5.41) is 2.16. The average molecular weight is 314 g/mol. The molecule has 0 bridgehead atoms. The van der Waals surface area contributed by atoms with Gasteiger partial charge in [-0.25, -0.2) is 0 Å². The van der Waals surface area contributed by atoms with E-state index in [0.29, 0.717) is 0 Å². The van der Waals surface area contributed by atoms with Crippen molar-refractivity contribution in [1.82, 2.24) is 0 Å². The SMILES string of the molecule is NC1(Cc2sccc2Br)CCCC(C2CC2)C1. The van der Waals surface area contributed by atoms with Crippen LogP contribution in [0.1, 0.15) is 43.4 Å². The smallest absolute Gasteiger partial charge is 0.0315 e. The summed E-state index contributed by atoms with van der Waals surface area (Å²) >= 11 is 5.47. The van der Waals surface area contributed by atoms with Crippen LogP contribution in [0.5, 0.6) is 0 Å². The lowest BCUT2D eigenvalue weighted by Crippen LogP contribution is -2.46. The van der Waals surface area contributed by atoms with E-state index in [9.17, 15) is 0 Å². The number of halogens is 1. The summed E-state index contributed by atoms with van der Waals surface area (Å²) in [6.45, 7) is 0. The van der Waals surface area contributed by atoms with Gasteiger partial charge in [-0.05, 0) is 64.9 Å². The molecule has 0 amide bonds. The van der Waals surface area contributed by atoms with Crippen LogP contribution in [0.15, 0.2) is 15.9 Å². The molecule has 2 aliphatic rings. The monoisotopic (exact) mass is 313 g/mol. The average Bonchev–Trinajstić information content (AvgIpc) is 3.06. The largest absolute Gasteiger partial charge is 0.325 e. The molecule has 0 saturated heterocycles. The van der Waals surface area contributed by atoms with Gasteiger partial charge in [-0.3, -0.25) is 0 Å². The molecule has 0 spiro atoms. The molecular formula is C14H20BrNS. The van der Waals surface area contributed by atoms with Crippen LogP contribution >= 0.6 is 27.3 Å². The Morgan fingerprint density at radius 2 is 2.18 bits per heavy atom. The molecule has 2 atom stereocenters. The van der Waals surface area contributed by atoms with E-state index in [2.05, 4.69) is 27.4 Å². The molecule has 2 aliphatic carbocycles. The minimum atomic E-state index is 0.0683. The molecule has 1 aromatic heterocycles. The Morgan fingerprint density at radius 1 is 1.35 bits per heavy atom. The van der Waals surface area contributed by atoms with Gasteiger partial charge in [0.1, 0.15) is 0 Å². The quantitative estimate of drug-likeness (QED) is 0.882. The Morgan fingerprint density at radius 3 is 2.82 bits per heavy atom. The third-order valence-corrected chi connectivity index (χ3v) is 6.34. The van der Waals surface area contributed by atoms with Crippen LogP contribution < -0.4 is 5.73 Å². The Bertz CT molecular complexity index is 399. The topological polar surface area (TPSA) is 26.0 Å². The lowest BCUT2D eigenvalue weighted by Gasteiger charge is -2.38. The summed E-state index contributed by atoms with van der Waals surface area (Å²) in [5.74, 6) is 1.94. The van der Waals surface area contributed by atoms with Gasteiger partial charge in [0.05, 0.1) is 0 Å². The van der Waals surface area contributed by atoms with Crippen molar-refractivity contribution in [3.63, 3.8) is 0 Å². The molecule has 2 saturated carbocycles. The van der Waals surface area contributed by atoms with E-state index in [1.54, 1.807) is 0 Å². The lowest BCUT2D eigenvalue weighted by atomic mass is 9.72. The normalized spacial score (nSPS) is 33.9. The van der Waals surface area contributed by atoms with Crippen molar-refractivity contribution in [2.75, 3.05) is 0 Å². The number of nitrogens with two attached hydrogens (primary N) is 1. The van der Waals surface area contributed by atoms with Crippen LogP contribution in [-0.4, -0.2) is 5.54 Å². The van der Waals surface area contributed by atoms with Gasteiger partial charge in [0.15, 0.2) is 0 Å². The number of rotatable bonds is 3. The molecule has 2 unspecified atom stereocenters. The zero-order valence-corrected chi connectivity index (χ0v) is 12.5. The highest BCUT2D eigenvalue weighted by atomic mass is 79.9. The molecule has 1 aromatic rings. The fourth-order valence-electron chi connectivity index (χ4n) is 3.34. The van der Waals surface area contributed by atoms with Gasteiger partial charge < -0.3 is 5.73 Å². The molecule has 0 aliphatic heterocycles. The van der Waals surface area contributed by atoms with Gasteiger partial charge in [-0.2, -0.15) is 0 Å². The van der Waals surface area contributed by atoms with Gasteiger partial charge in [-0.1, -0.05) is 12.8 Å². The highest BCUT2D eigenvalue weighted by Crippen LogP contribution is 2.47. The number of hydrogen-bond acceptors (Lipinski definition) is 2. The van der Waals surface area contributed by atoms with E-state index in [1.165, 1.54) is 47.9 Å². The van der Waals surface area contributed by atoms with E-state index >= 15 is 0 Å². The Hall–Kier alpha value is 0.140.